The molecule has 0 aromatic carbocycles. The zero-order valence-electron chi connectivity index (χ0n) is 9.92. The topological polar surface area (TPSA) is 75.1 Å². The molecule has 2 aromatic heterocycles. The van der Waals surface area contributed by atoms with Crippen molar-refractivity contribution in [1.29, 1.82) is 0 Å². The molecule has 0 atom stereocenters. The van der Waals surface area contributed by atoms with E-state index in [4.69, 9.17) is 5.11 Å². The predicted octanol–water partition coefficient (Wildman–Crippen LogP) is 1.26. The first-order valence-corrected chi connectivity index (χ1v) is 7.23. The summed E-state index contributed by atoms with van der Waals surface area (Å²) in [5.74, 6) is 5.58. The van der Waals surface area contributed by atoms with Crippen LogP contribution in [0.25, 0.3) is 0 Å². The van der Waals surface area contributed by atoms with E-state index in [1.165, 1.54) is 11.3 Å². The minimum Gasteiger partial charge on any atom is -0.395 e. The smallest absolute Gasteiger partial charge is 0.273 e. The van der Waals surface area contributed by atoms with E-state index in [2.05, 4.69) is 26.7 Å². The summed E-state index contributed by atoms with van der Waals surface area (Å²) in [5, 5.41) is 18.6. The molecule has 0 aliphatic carbocycles. The number of rotatable bonds is 4. The molecule has 0 spiro atoms. The molecule has 2 aromatic rings. The van der Waals surface area contributed by atoms with Crippen molar-refractivity contribution in [2.45, 2.75) is 13.0 Å². The van der Waals surface area contributed by atoms with Crippen LogP contribution >= 0.6 is 22.9 Å². The second-order valence-electron chi connectivity index (χ2n) is 3.55. The van der Waals surface area contributed by atoms with Crippen molar-refractivity contribution in [3.05, 3.63) is 33.0 Å². The molecule has 0 aliphatic heterocycles. The van der Waals surface area contributed by atoms with Gasteiger partial charge in [0.2, 0.25) is 0 Å². The van der Waals surface area contributed by atoms with Gasteiger partial charge in [-0.2, -0.15) is 0 Å². The van der Waals surface area contributed by atoms with Gasteiger partial charge in [-0.1, -0.05) is 16.3 Å². The Morgan fingerprint density at radius 2 is 2.37 bits per heavy atom. The highest BCUT2D eigenvalue weighted by molar-refractivity contribution is 7.10. The molecule has 0 bridgehead atoms. The van der Waals surface area contributed by atoms with E-state index in [-0.39, 0.29) is 12.5 Å². The summed E-state index contributed by atoms with van der Waals surface area (Å²) in [5.41, 5.74) is 1.24. The molecule has 2 heterocycles. The van der Waals surface area contributed by atoms with Crippen LogP contribution in [-0.2, 0) is 6.54 Å². The maximum atomic E-state index is 11.6. The summed E-state index contributed by atoms with van der Waals surface area (Å²) in [4.78, 5) is 12.7. The Bertz CT molecular complexity index is 596. The van der Waals surface area contributed by atoms with E-state index < -0.39 is 0 Å². The maximum Gasteiger partial charge on any atom is 0.273 e. The summed E-state index contributed by atoms with van der Waals surface area (Å²) in [7, 11) is 0. The Kier molecular flexibility index (Phi) is 5.03. The van der Waals surface area contributed by atoms with Gasteiger partial charge in [-0.3, -0.25) is 4.79 Å². The van der Waals surface area contributed by atoms with Gasteiger partial charge in [0.25, 0.3) is 5.91 Å². The van der Waals surface area contributed by atoms with E-state index in [1.54, 1.807) is 5.38 Å². The number of aliphatic hydroxyl groups excluding tert-OH is 1. The fourth-order valence-electron chi connectivity index (χ4n) is 1.28. The highest BCUT2D eigenvalue weighted by Gasteiger charge is 2.08. The molecule has 98 valence electrons. The Balaban J connectivity index is 1.87. The van der Waals surface area contributed by atoms with Crippen molar-refractivity contribution in [2.24, 2.45) is 0 Å². The number of nitrogens with one attached hydrogen (secondary N) is 1. The number of hydrogen-bond acceptors (Lipinski definition) is 6. The first kappa shape index (κ1) is 13.7. The Labute approximate surface area is 118 Å². The van der Waals surface area contributed by atoms with Crippen LogP contribution in [0, 0.1) is 11.8 Å². The van der Waals surface area contributed by atoms with Gasteiger partial charge in [-0.05, 0) is 17.6 Å². The summed E-state index contributed by atoms with van der Waals surface area (Å²) < 4.78 is 3.64. The summed E-state index contributed by atoms with van der Waals surface area (Å²) >= 11 is 2.68. The molecule has 1 amide bonds. The summed E-state index contributed by atoms with van der Waals surface area (Å²) in [6, 6.07) is 1.93. The van der Waals surface area contributed by atoms with Crippen molar-refractivity contribution in [3.63, 3.8) is 0 Å². The van der Waals surface area contributed by atoms with Crippen LogP contribution in [-0.4, -0.2) is 27.2 Å². The Morgan fingerprint density at radius 1 is 1.47 bits per heavy atom. The molecule has 0 unspecified atom stereocenters. The number of thiophene rings is 1. The van der Waals surface area contributed by atoms with Crippen LogP contribution in [0.2, 0.25) is 0 Å². The SMILES string of the molecule is O=C(NCc1cc(C#CCCO)cs1)c1csnn1. The zero-order valence-corrected chi connectivity index (χ0v) is 11.6. The average molecular weight is 293 g/mol. The van der Waals surface area contributed by atoms with Gasteiger partial charge in [0.05, 0.1) is 13.2 Å². The average Bonchev–Trinajstić information content (AvgIpc) is 3.08. The van der Waals surface area contributed by atoms with E-state index in [1.807, 2.05) is 11.4 Å². The fourth-order valence-corrected chi connectivity index (χ4v) is 2.47. The molecule has 0 fully saturated rings. The fraction of sp³-hybridized carbons (Fsp3) is 0.250. The third kappa shape index (κ3) is 4.13. The molecular weight excluding hydrogens is 282 g/mol. The monoisotopic (exact) mass is 293 g/mol. The van der Waals surface area contributed by atoms with Gasteiger partial charge >= 0.3 is 0 Å². The van der Waals surface area contributed by atoms with Gasteiger partial charge in [0, 0.05) is 27.6 Å². The predicted molar refractivity (Wildman–Crippen MR) is 74.0 cm³/mol. The van der Waals surface area contributed by atoms with Crippen molar-refractivity contribution < 1.29 is 9.90 Å². The number of nitrogens with zero attached hydrogens (tertiary/aromatic N) is 2. The normalized spacial score (nSPS) is 9.74. The third-order valence-corrected chi connectivity index (χ3v) is 3.58. The van der Waals surface area contributed by atoms with Gasteiger partial charge in [0.1, 0.15) is 0 Å². The van der Waals surface area contributed by atoms with Crippen LogP contribution in [0.5, 0.6) is 0 Å². The van der Waals surface area contributed by atoms with Crippen LogP contribution in [0.4, 0.5) is 0 Å². The lowest BCUT2D eigenvalue weighted by molar-refractivity contribution is 0.0946. The number of aliphatic hydroxyl groups is 1. The Morgan fingerprint density at radius 3 is 3.11 bits per heavy atom. The van der Waals surface area contributed by atoms with Gasteiger partial charge in [-0.15, -0.1) is 16.4 Å². The van der Waals surface area contributed by atoms with E-state index >= 15 is 0 Å². The minimum atomic E-state index is -0.227. The summed E-state index contributed by atoms with van der Waals surface area (Å²) in [6.45, 7) is 0.518. The molecule has 2 N–H and O–H groups in total. The van der Waals surface area contributed by atoms with Crippen LogP contribution in [0.3, 0.4) is 0 Å². The molecular formula is C12H11N3O2S2. The number of hydrogen-bond donors (Lipinski definition) is 2. The lowest BCUT2D eigenvalue weighted by Crippen LogP contribution is -2.22. The van der Waals surface area contributed by atoms with Gasteiger partial charge in [-0.25, -0.2) is 0 Å². The standard InChI is InChI=1S/C12H11N3O2S2/c16-4-2-1-3-9-5-10(18-7-9)6-13-12(17)11-8-19-15-14-11/h5,7-8,16H,2,4,6H2,(H,13,17). The van der Waals surface area contributed by atoms with E-state index in [0.29, 0.717) is 18.7 Å². The first-order valence-electron chi connectivity index (χ1n) is 5.52. The second kappa shape index (κ2) is 6.99. The van der Waals surface area contributed by atoms with Crippen molar-refractivity contribution >= 4 is 28.8 Å². The van der Waals surface area contributed by atoms with Crippen LogP contribution in [0.1, 0.15) is 27.3 Å². The van der Waals surface area contributed by atoms with Gasteiger partial charge < -0.3 is 10.4 Å². The number of aromatic nitrogens is 2. The summed E-state index contributed by atoms with van der Waals surface area (Å²) in [6.07, 6.45) is 0.471. The molecule has 5 nitrogen and oxygen atoms in total. The third-order valence-electron chi connectivity index (χ3n) is 2.14. The van der Waals surface area contributed by atoms with Crippen molar-refractivity contribution in [3.8, 4) is 11.8 Å². The van der Waals surface area contributed by atoms with Crippen LogP contribution in [0.15, 0.2) is 16.8 Å². The van der Waals surface area contributed by atoms with Gasteiger partial charge in [0.15, 0.2) is 5.69 Å². The number of amides is 1. The number of carbonyl (C=O) groups is 1. The zero-order chi connectivity index (χ0) is 13.5. The van der Waals surface area contributed by atoms with Crippen molar-refractivity contribution in [1.82, 2.24) is 14.9 Å². The second-order valence-corrected chi connectivity index (χ2v) is 5.16. The van der Waals surface area contributed by atoms with E-state index in [9.17, 15) is 4.79 Å². The minimum absolute atomic E-state index is 0.0712. The molecule has 7 heteroatoms. The molecule has 0 saturated heterocycles. The molecule has 0 saturated carbocycles. The van der Waals surface area contributed by atoms with Crippen LogP contribution < -0.4 is 5.32 Å². The highest BCUT2D eigenvalue weighted by atomic mass is 32.1. The highest BCUT2D eigenvalue weighted by Crippen LogP contribution is 2.13. The molecule has 2 rings (SSSR count). The molecule has 0 aliphatic rings. The lowest BCUT2D eigenvalue weighted by Gasteiger charge is -1.99. The van der Waals surface area contributed by atoms with Crippen molar-refractivity contribution in [2.75, 3.05) is 6.61 Å². The van der Waals surface area contributed by atoms with E-state index in [0.717, 1.165) is 22.0 Å². The largest absolute Gasteiger partial charge is 0.395 e. The first-order chi connectivity index (χ1) is 9.29. The molecule has 0 radical (unpaired) electrons. The molecule has 19 heavy (non-hydrogen) atoms. The quantitative estimate of drug-likeness (QED) is 0.832. The number of carbonyl (C=O) groups excluding carboxylic acids is 1. The maximum absolute atomic E-state index is 11.6. The Hall–Kier alpha value is -1.75. The lowest BCUT2D eigenvalue weighted by atomic mass is 10.3.